The summed E-state index contributed by atoms with van der Waals surface area (Å²) in [6.07, 6.45) is 1.44. The van der Waals surface area contributed by atoms with E-state index in [-0.39, 0.29) is 0 Å². The van der Waals surface area contributed by atoms with E-state index in [1.54, 1.807) is 6.92 Å². The van der Waals surface area contributed by atoms with Gasteiger partial charge in [-0.05, 0) is 69.0 Å². The van der Waals surface area contributed by atoms with E-state index in [0.717, 1.165) is 25.9 Å². The summed E-state index contributed by atoms with van der Waals surface area (Å²) in [5.41, 5.74) is 9.01. The van der Waals surface area contributed by atoms with Crippen LogP contribution in [0.5, 0.6) is 5.75 Å². The fourth-order valence-corrected chi connectivity index (χ4v) is 2.58. The predicted molar refractivity (Wildman–Crippen MR) is 72.7 cm³/mol. The fraction of sp³-hybridized carbons (Fsp3) is 0.571. The summed E-state index contributed by atoms with van der Waals surface area (Å²) < 4.78 is 5.35. The quantitative estimate of drug-likeness (QED) is 0.565. The first-order valence-electron chi connectivity index (χ1n) is 6.53. The monoisotopic (exact) mass is 250 g/mol. The van der Waals surface area contributed by atoms with Crippen molar-refractivity contribution in [3.63, 3.8) is 0 Å². The number of ether oxygens (including phenoxy) is 1. The lowest BCUT2D eigenvalue weighted by Gasteiger charge is -2.25. The SMILES string of the molecule is Cc1cc(N)c(OC(C)O)cc1C1CCNCC1. The standard InChI is InChI=1S/C14H22N2O2/c1-9-7-13(15)14(18-10(2)17)8-12(9)11-3-5-16-6-4-11/h7-8,10-11,16-17H,3-6,15H2,1-2H3. The van der Waals surface area contributed by atoms with Crippen molar-refractivity contribution in [3.8, 4) is 5.75 Å². The van der Waals surface area contributed by atoms with Crippen LogP contribution in [0, 0.1) is 6.92 Å². The Morgan fingerprint density at radius 2 is 2.06 bits per heavy atom. The molecule has 1 heterocycles. The van der Waals surface area contributed by atoms with Crippen LogP contribution >= 0.6 is 0 Å². The van der Waals surface area contributed by atoms with Crippen LogP contribution in [0.2, 0.25) is 0 Å². The van der Waals surface area contributed by atoms with E-state index in [4.69, 9.17) is 10.5 Å². The van der Waals surface area contributed by atoms with Crippen molar-refractivity contribution in [2.24, 2.45) is 0 Å². The van der Waals surface area contributed by atoms with Crippen molar-refractivity contribution in [2.75, 3.05) is 18.8 Å². The van der Waals surface area contributed by atoms with E-state index in [1.807, 2.05) is 12.1 Å². The van der Waals surface area contributed by atoms with Gasteiger partial charge in [-0.15, -0.1) is 0 Å². The number of benzene rings is 1. The normalized spacial score (nSPS) is 18.6. The van der Waals surface area contributed by atoms with Crippen molar-refractivity contribution < 1.29 is 9.84 Å². The van der Waals surface area contributed by atoms with Gasteiger partial charge in [0.25, 0.3) is 0 Å². The Kier molecular flexibility index (Phi) is 4.09. The lowest BCUT2D eigenvalue weighted by atomic mass is 9.87. The lowest BCUT2D eigenvalue weighted by molar-refractivity contribution is 0.000187. The second-order valence-electron chi connectivity index (χ2n) is 4.99. The molecule has 1 aromatic rings. The molecule has 0 bridgehead atoms. The minimum absolute atomic E-state index is 0.559. The highest BCUT2D eigenvalue weighted by Crippen LogP contribution is 2.34. The van der Waals surface area contributed by atoms with Gasteiger partial charge in [0.1, 0.15) is 5.75 Å². The lowest BCUT2D eigenvalue weighted by Crippen LogP contribution is -2.27. The van der Waals surface area contributed by atoms with Gasteiger partial charge in [-0.1, -0.05) is 0 Å². The van der Waals surface area contributed by atoms with E-state index < -0.39 is 6.29 Å². The number of anilines is 1. The first-order chi connectivity index (χ1) is 8.58. The number of hydrogen-bond acceptors (Lipinski definition) is 4. The van der Waals surface area contributed by atoms with Gasteiger partial charge in [0, 0.05) is 0 Å². The van der Waals surface area contributed by atoms with E-state index in [1.165, 1.54) is 11.1 Å². The molecule has 1 aromatic carbocycles. The summed E-state index contributed by atoms with van der Waals surface area (Å²) >= 11 is 0. The number of hydrogen-bond donors (Lipinski definition) is 3. The van der Waals surface area contributed by atoms with Crippen molar-refractivity contribution in [2.45, 2.75) is 38.9 Å². The molecule has 0 amide bonds. The molecule has 2 rings (SSSR count). The maximum absolute atomic E-state index is 9.31. The van der Waals surface area contributed by atoms with Gasteiger partial charge in [-0.25, -0.2) is 0 Å². The molecular weight excluding hydrogens is 228 g/mol. The molecule has 1 aliphatic heterocycles. The summed E-state index contributed by atoms with van der Waals surface area (Å²) in [5, 5.41) is 12.7. The third-order valence-electron chi connectivity index (χ3n) is 3.47. The van der Waals surface area contributed by atoms with Crippen LogP contribution in [-0.4, -0.2) is 24.5 Å². The van der Waals surface area contributed by atoms with Gasteiger partial charge in [-0.2, -0.15) is 0 Å². The number of nitrogens with two attached hydrogens (primary N) is 1. The fourth-order valence-electron chi connectivity index (χ4n) is 2.58. The van der Waals surface area contributed by atoms with Crippen LogP contribution in [0.4, 0.5) is 5.69 Å². The molecule has 1 aliphatic rings. The molecule has 4 nitrogen and oxygen atoms in total. The zero-order chi connectivity index (χ0) is 13.1. The Labute approximate surface area is 108 Å². The molecule has 18 heavy (non-hydrogen) atoms. The van der Waals surface area contributed by atoms with Crippen molar-refractivity contribution in [1.82, 2.24) is 5.32 Å². The van der Waals surface area contributed by atoms with E-state index in [9.17, 15) is 5.11 Å². The molecule has 1 atom stereocenters. The first-order valence-corrected chi connectivity index (χ1v) is 6.53. The number of nitrogen functional groups attached to an aromatic ring is 1. The Morgan fingerprint density at radius 3 is 2.67 bits per heavy atom. The van der Waals surface area contributed by atoms with E-state index >= 15 is 0 Å². The van der Waals surface area contributed by atoms with Crippen LogP contribution < -0.4 is 15.8 Å². The number of rotatable bonds is 3. The average molecular weight is 250 g/mol. The summed E-state index contributed by atoms with van der Waals surface area (Å²) in [6.45, 7) is 5.78. The van der Waals surface area contributed by atoms with Crippen LogP contribution in [0.15, 0.2) is 12.1 Å². The molecule has 4 heteroatoms. The molecule has 4 N–H and O–H groups in total. The molecule has 0 aromatic heterocycles. The maximum Gasteiger partial charge on any atom is 0.194 e. The van der Waals surface area contributed by atoms with Gasteiger partial charge in [0.05, 0.1) is 5.69 Å². The highest BCUT2D eigenvalue weighted by Gasteiger charge is 2.19. The smallest absolute Gasteiger partial charge is 0.194 e. The molecular formula is C14H22N2O2. The largest absolute Gasteiger partial charge is 0.463 e. The van der Waals surface area contributed by atoms with E-state index in [2.05, 4.69) is 12.2 Å². The van der Waals surface area contributed by atoms with Crippen molar-refractivity contribution in [1.29, 1.82) is 0 Å². The molecule has 0 aliphatic carbocycles. The Bertz CT molecular complexity index is 413. The second kappa shape index (κ2) is 5.59. The maximum atomic E-state index is 9.31. The number of aryl methyl sites for hydroxylation is 1. The number of aliphatic hydroxyl groups is 1. The van der Waals surface area contributed by atoms with Crippen molar-refractivity contribution >= 4 is 5.69 Å². The molecule has 1 fully saturated rings. The van der Waals surface area contributed by atoms with Gasteiger partial charge in [-0.3, -0.25) is 0 Å². The van der Waals surface area contributed by atoms with Crippen LogP contribution in [0.1, 0.15) is 36.8 Å². The third-order valence-corrected chi connectivity index (χ3v) is 3.47. The van der Waals surface area contributed by atoms with E-state index in [0.29, 0.717) is 17.4 Å². The molecule has 1 saturated heterocycles. The summed E-state index contributed by atoms with van der Waals surface area (Å²) in [6, 6.07) is 3.93. The predicted octanol–water partition coefficient (Wildman–Crippen LogP) is 1.76. The topological polar surface area (TPSA) is 67.5 Å². The Hall–Kier alpha value is -1.26. The highest BCUT2D eigenvalue weighted by atomic mass is 16.6. The van der Waals surface area contributed by atoms with Crippen LogP contribution in [0.25, 0.3) is 0 Å². The van der Waals surface area contributed by atoms with Crippen LogP contribution in [-0.2, 0) is 0 Å². The summed E-state index contributed by atoms with van der Waals surface area (Å²) in [4.78, 5) is 0. The molecule has 100 valence electrons. The van der Waals surface area contributed by atoms with Crippen LogP contribution in [0.3, 0.4) is 0 Å². The average Bonchev–Trinajstić information content (AvgIpc) is 2.33. The molecule has 1 unspecified atom stereocenters. The van der Waals surface area contributed by atoms with Crippen molar-refractivity contribution in [3.05, 3.63) is 23.3 Å². The Morgan fingerprint density at radius 1 is 1.39 bits per heavy atom. The Balaban J connectivity index is 2.28. The first kappa shape index (κ1) is 13.2. The van der Waals surface area contributed by atoms with Gasteiger partial charge in [0.15, 0.2) is 6.29 Å². The number of nitrogens with one attached hydrogen (secondary N) is 1. The number of piperidine rings is 1. The molecule has 0 spiro atoms. The minimum Gasteiger partial charge on any atom is -0.463 e. The zero-order valence-electron chi connectivity index (χ0n) is 11.1. The second-order valence-corrected chi connectivity index (χ2v) is 4.99. The summed E-state index contributed by atoms with van der Waals surface area (Å²) in [7, 11) is 0. The number of aliphatic hydroxyl groups excluding tert-OH is 1. The molecule has 0 radical (unpaired) electrons. The minimum atomic E-state index is -0.837. The zero-order valence-corrected chi connectivity index (χ0v) is 11.1. The molecule has 0 saturated carbocycles. The summed E-state index contributed by atoms with van der Waals surface area (Å²) in [5.74, 6) is 1.15. The third kappa shape index (κ3) is 2.94. The van der Waals surface area contributed by atoms with Gasteiger partial charge < -0.3 is 20.9 Å². The van der Waals surface area contributed by atoms with Gasteiger partial charge in [0.2, 0.25) is 0 Å². The highest BCUT2D eigenvalue weighted by molar-refractivity contribution is 5.57. The van der Waals surface area contributed by atoms with Gasteiger partial charge >= 0.3 is 0 Å².